The predicted molar refractivity (Wildman–Crippen MR) is 63.5 cm³/mol. The van der Waals surface area contributed by atoms with Crippen molar-refractivity contribution in [2.45, 2.75) is 12.2 Å². The summed E-state index contributed by atoms with van der Waals surface area (Å²) in [5, 5.41) is 1.22. The fourth-order valence-corrected chi connectivity index (χ4v) is 3.38. The van der Waals surface area contributed by atoms with Crippen LogP contribution >= 0.6 is 15.9 Å². The van der Waals surface area contributed by atoms with Crippen LogP contribution in [-0.2, 0) is 0 Å². The van der Waals surface area contributed by atoms with E-state index in [-0.39, 0.29) is 0 Å². The van der Waals surface area contributed by atoms with Crippen LogP contribution in [0.4, 0.5) is 0 Å². The van der Waals surface area contributed by atoms with Gasteiger partial charge in [-0.1, -0.05) is 0 Å². The first-order valence-electron chi connectivity index (χ1n) is 3.87. The van der Waals surface area contributed by atoms with Gasteiger partial charge in [0, 0.05) is 0 Å². The number of rotatable bonds is 2. The molecular formula is C10H9BrSe2. The summed E-state index contributed by atoms with van der Waals surface area (Å²) >= 11 is 4.30. The molecular weight excluding hydrogens is 358 g/mol. The van der Waals surface area contributed by atoms with E-state index in [2.05, 4.69) is 56.8 Å². The Labute approximate surface area is 100 Å². The van der Waals surface area contributed by atoms with Gasteiger partial charge in [0.05, 0.1) is 0 Å². The summed E-state index contributed by atoms with van der Waals surface area (Å²) in [6.07, 6.45) is 0. The topological polar surface area (TPSA) is 0 Å². The molecule has 0 bridgehead atoms. The zero-order chi connectivity index (χ0) is 9.52. The molecule has 1 aromatic rings. The number of halogens is 1. The van der Waals surface area contributed by atoms with E-state index < -0.39 is 0 Å². The molecule has 0 aliphatic rings. The third-order valence-corrected chi connectivity index (χ3v) is 5.04. The molecule has 1 aromatic carbocycles. The average molecular weight is 367 g/mol. The van der Waals surface area contributed by atoms with Gasteiger partial charge in [0.15, 0.2) is 0 Å². The summed E-state index contributed by atoms with van der Waals surface area (Å²) in [4.78, 5) is 6.47. The Hall–Kier alpha value is 0.299. The van der Waals surface area contributed by atoms with Gasteiger partial charge in [-0.05, 0) is 0 Å². The Kier molecular flexibility index (Phi) is 5.87. The maximum absolute atomic E-state index is 3.41. The Morgan fingerprint density at radius 2 is 1.92 bits per heavy atom. The van der Waals surface area contributed by atoms with Crippen LogP contribution in [0.1, 0.15) is 6.92 Å². The van der Waals surface area contributed by atoms with Crippen LogP contribution in [0.5, 0.6) is 0 Å². The summed E-state index contributed by atoms with van der Waals surface area (Å²) < 4.78 is 2.49. The number of hydrogen-bond donors (Lipinski definition) is 0. The summed E-state index contributed by atoms with van der Waals surface area (Å²) in [5.74, 6) is 0. The monoisotopic (exact) mass is 368 g/mol. The quantitative estimate of drug-likeness (QED) is 0.553. The number of hydrogen-bond acceptors (Lipinski definition) is 0. The second kappa shape index (κ2) is 6.71. The van der Waals surface area contributed by atoms with Gasteiger partial charge in [-0.2, -0.15) is 0 Å². The van der Waals surface area contributed by atoms with Crippen molar-refractivity contribution < 1.29 is 0 Å². The Morgan fingerprint density at radius 3 is 2.54 bits per heavy atom. The van der Waals surface area contributed by atoms with Gasteiger partial charge < -0.3 is 0 Å². The first kappa shape index (κ1) is 11.4. The number of benzene rings is 1. The summed E-state index contributed by atoms with van der Waals surface area (Å²) in [7, 11) is 0. The van der Waals surface area contributed by atoms with Gasteiger partial charge in [-0.15, -0.1) is 0 Å². The van der Waals surface area contributed by atoms with E-state index in [1.807, 2.05) is 0 Å². The molecule has 0 N–H and O–H groups in total. The Bertz CT molecular complexity index is 308. The third kappa shape index (κ3) is 4.91. The van der Waals surface area contributed by atoms with Crippen molar-refractivity contribution in [3.05, 3.63) is 28.7 Å². The van der Waals surface area contributed by atoms with Crippen LogP contribution in [0.2, 0.25) is 5.32 Å². The van der Waals surface area contributed by atoms with E-state index in [0.717, 1.165) is 4.47 Å². The molecule has 0 saturated heterocycles. The van der Waals surface area contributed by atoms with Crippen LogP contribution < -0.4 is 4.46 Å². The molecule has 0 unspecified atom stereocenters. The molecule has 0 atom stereocenters. The van der Waals surface area contributed by atoms with Gasteiger partial charge in [0.25, 0.3) is 0 Å². The molecule has 68 valence electrons. The van der Waals surface area contributed by atoms with Crippen molar-refractivity contribution in [1.29, 1.82) is 0 Å². The first-order chi connectivity index (χ1) is 6.33. The van der Waals surface area contributed by atoms with Gasteiger partial charge in [0.2, 0.25) is 0 Å². The van der Waals surface area contributed by atoms with Crippen molar-refractivity contribution in [3.63, 3.8) is 0 Å². The standard InChI is InChI=1S/C10H9BrSe2/c1-2-12-7-8-13-10-5-3-9(11)4-6-10/h3-6H,2H2,1H3. The summed E-state index contributed by atoms with van der Waals surface area (Å²) in [6, 6.07) is 8.42. The summed E-state index contributed by atoms with van der Waals surface area (Å²) in [5.41, 5.74) is 0. The van der Waals surface area contributed by atoms with Crippen LogP contribution in [0.25, 0.3) is 0 Å². The minimum absolute atomic E-state index is 0.345. The molecule has 3 heteroatoms. The van der Waals surface area contributed by atoms with Gasteiger partial charge in [0.1, 0.15) is 0 Å². The van der Waals surface area contributed by atoms with E-state index in [0.29, 0.717) is 29.9 Å². The van der Waals surface area contributed by atoms with Crippen molar-refractivity contribution in [1.82, 2.24) is 0 Å². The van der Waals surface area contributed by atoms with Gasteiger partial charge in [-0.25, -0.2) is 0 Å². The molecule has 0 aliphatic carbocycles. The van der Waals surface area contributed by atoms with Crippen LogP contribution in [0.15, 0.2) is 28.7 Å². The van der Waals surface area contributed by atoms with Crippen molar-refractivity contribution >= 4 is 50.3 Å². The van der Waals surface area contributed by atoms with E-state index in [1.54, 1.807) is 0 Å². The molecule has 0 nitrogen and oxygen atoms in total. The fraction of sp³-hybridized carbons (Fsp3) is 0.200. The van der Waals surface area contributed by atoms with Crippen molar-refractivity contribution in [2.75, 3.05) is 0 Å². The first-order valence-corrected chi connectivity index (χ1v) is 8.44. The Balaban J connectivity index is 2.47. The summed E-state index contributed by atoms with van der Waals surface area (Å²) in [6.45, 7) is 2.18. The van der Waals surface area contributed by atoms with Gasteiger partial charge >= 0.3 is 101 Å². The minimum atomic E-state index is 0.345. The Morgan fingerprint density at radius 1 is 1.23 bits per heavy atom. The fourth-order valence-electron chi connectivity index (χ4n) is 0.684. The van der Waals surface area contributed by atoms with E-state index in [1.165, 1.54) is 9.78 Å². The normalized spacial score (nSPS) is 9.08. The van der Waals surface area contributed by atoms with E-state index in [4.69, 9.17) is 0 Å². The molecule has 0 spiro atoms. The predicted octanol–water partition coefficient (Wildman–Crippen LogP) is 1.84. The molecule has 0 aromatic heterocycles. The molecule has 0 saturated carbocycles. The molecule has 0 heterocycles. The van der Waals surface area contributed by atoms with Crippen LogP contribution in [0.3, 0.4) is 0 Å². The average Bonchev–Trinajstić information content (AvgIpc) is 2.15. The zero-order valence-corrected chi connectivity index (χ0v) is 12.2. The molecule has 0 aliphatic heterocycles. The third-order valence-electron chi connectivity index (χ3n) is 1.24. The molecule has 13 heavy (non-hydrogen) atoms. The molecule has 0 radical (unpaired) electrons. The van der Waals surface area contributed by atoms with E-state index >= 15 is 0 Å². The second-order valence-corrected chi connectivity index (χ2v) is 7.20. The van der Waals surface area contributed by atoms with E-state index in [9.17, 15) is 0 Å². The molecule has 0 fully saturated rings. The maximum atomic E-state index is 3.41. The van der Waals surface area contributed by atoms with Crippen LogP contribution in [0, 0.1) is 9.64 Å². The molecule has 0 amide bonds. The second-order valence-electron chi connectivity index (χ2n) is 2.19. The van der Waals surface area contributed by atoms with Crippen molar-refractivity contribution in [2.24, 2.45) is 0 Å². The van der Waals surface area contributed by atoms with Gasteiger partial charge in [-0.3, -0.25) is 0 Å². The zero-order valence-electron chi connectivity index (χ0n) is 7.21. The molecule has 1 rings (SSSR count). The SMILES string of the molecule is CC[Se]C#C[Se]c1ccc(Br)cc1. The van der Waals surface area contributed by atoms with Crippen molar-refractivity contribution in [3.8, 4) is 9.64 Å². The van der Waals surface area contributed by atoms with Crippen LogP contribution in [-0.4, -0.2) is 29.9 Å².